The number of hydrogen-bond donors (Lipinski definition) is 1. The molecule has 0 unspecified atom stereocenters. The third-order valence-electron chi connectivity index (χ3n) is 3.13. The molecule has 0 fully saturated rings. The van der Waals surface area contributed by atoms with Gasteiger partial charge in [-0.2, -0.15) is 0 Å². The Hall–Kier alpha value is -2.43. The molecule has 1 N–H and O–H groups in total. The van der Waals surface area contributed by atoms with Crippen LogP contribution in [0.25, 0.3) is 0 Å². The number of halogens is 2. The summed E-state index contributed by atoms with van der Waals surface area (Å²) in [5.74, 6) is 1.07. The highest BCUT2D eigenvalue weighted by Crippen LogP contribution is 2.23. The van der Waals surface area contributed by atoms with Crippen molar-refractivity contribution < 1.29 is 13.9 Å². The Labute approximate surface area is 149 Å². The van der Waals surface area contributed by atoms with E-state index in [1.165, 1.54) is 0 Å². The van der Waals surface area contributed by atoms with Crippen LogP contribution in [0.4, 0.5) is 5.69 Å². The second-order valence-corrected chi connectivity index (χ2v) is 5.85. The first-order valence-corrected chi connectivity index (χ1v) is 7.90. The largest absolute Gasteiger partial charge is 0.486 e. The first-order chi connectivity index (χ1) is 11.6. The fourth-order valence-electron chi connectivity index (χ4n) is 2.07. The van der Waals surface area contributed by atoms with Gasteiger partial charge >= 0.3 is 0 Å². The standard InChI is InChI=1S/C18H13Cl2NO3/c19-12-8-13(20)10-14(9-12)21-18(22)17-7-6-16(24-17)11-23-15-4-2-1-3-5-15/h1-10H,11H2,(H,21,22). The molecule has 0 aliphatic rings. The molecular formula is C18H13Cl2NO3. The topological polar surface area (TPSA) is 51.5 Å². The minimum absolute atomic E-state index is 0.178. The maximum atomic E-state index is 12.2. The van der Waals surface area contributed by atoms with Crippen molar-refractivity contribution in [1.29, 1.82) is 0 Å². The van der Waals surface area contributed by atoms with E-state index in [0.29, 0.717) is 21.5 Å². The number of anilines is 1. The van der Waals surface area contributed by atoms with Gasteiger partial charge in [-0.1, -0.05) is 41.4 Å². The van der Waals surface area contributed by atoms with Gasteiger partial charge in [0.25, 0.3) is 5.91 Å². The number of rotatable bonds is 5. The maximum Gasteiger partial charge on any atom is 0.291 e. The number of amides is 1. The van der Waals surface area contributed by atoms with Gasteiger partial charge in [0.1, 0.15) is 18.1 Å². The van der Waals surface area contributed by atoms with Crippen LogP contribution in [0.1, 0.15) is 16.3 Å². The molecule has 0 aliphatic heterocycles. The van der Waals surface area contributed by atoms with Crippen molar-refractivity contribution in [3.8, 4) is 5.75 Å². The van der Waals surface area contributed by atoms with Crippen molar-refractivity contribution in [3.05, 3.63) is 82.2 Å². The molecular weight excluding hydrogens is 349 g/mol. The molecule has 0 spiro atoms. The number of carbonyl (C=O) groups is 1. The Morgan fingerprint density at radius 1 is 1.00 bits per heavy atom. The Morgan fingerprint density at radius 2 is 1.71 bits per heavy atom. The number of para-hydroxylation sites is 1. The van der Waals surface area contributed by atoms with E-state index in [1.807, 2.05) is 30.3 Å². The van der Waals surface area contributed by atoms with Crippen LogP contribution in [0.2, 0.25) is 10.0 Å². The van der Waals surface area contributed by atoms with Gasteiger partial charge in [0.2, 0.25) is 0 Å². The molecule has 1 amide bonds. The molecule has 0 radical (unpaired) electrons. The van der Waals surface area contributed by atoms with Gasteiger partial charge in [0.05, 0.1) is 0 Å². The fraction of sp³-hybridized carbons (Fsp3) is 0.0556. The average Bonchev–Trinajstić information content (AvgIpc) is 3.02. The van der Waals surface area contributed by atoms with Crippen LogP contribution in [0.3, 0.4) is 0 Å². The number of ether oxygens (including phenoxy) is 1. The molecule has 2 aromatic carbocycles. The van der Waals surface area contributed by atoms with Gasteiger partial charge in [0, 0.05) is 15.7 Å². The van der Waals surface area contributed by atoms with E-state index in [2.05, 4.69) is 5.32 Å². The molecule has 6 heteroatoms. The molecule has 1 heterocycles. The highest BCUT2D eigenvalue weighted by atomic mass is 35.5. The van der Waals surface area contributed by atoms with Gasteiger partial charge in [-0.25, -0.2) is 0 Å². The van der Waals surface area contributed by atoms with Gasteiger partial charge < -0.3 is 14.5 Å². The molecule has 4 nitrogen and oxygen atoms in total. The second-order valence-electron chi connectivity index (χ2n) is 4.98. The summed E-state index contributed by atoms with van der Waals surface area (Å²) < 4.78 is 11.1. The molecule has 0 atom stereocenters. The van der Waals surface area contributed by atoms with Crippen molar-refractivity contribution in [3.63, 3.8) is 0 Å². The number of carbonyl (C=O) groups excluding carboxylic acids is 1. The fourth-order valence-corrected chi connectivity index (χ4v) is 2.59. The Balaban J connectivity index is 1.63. The summed E-state index contributed by atoms with van der Waals surface area (Å²) in [6.45, 7) is 0.236. The lowest BCUT2D eigenvalue weighted by molar-refractivity contribution is 0.0992. The summed E-state index contributed by atoms with van der Waals surface area (Å²) in [5.41, 5.74) is 0.496. The Morgan fingerprint density at radius 3 is 2.42 bits per heavy atom. The molecule has 0 bridgehead atoms. The average molecular weight is 362 g/mol. The van der Waals surface area contributed by atoms with E-state index in [9.17, 15) is 4.79 Å². The van der Waals surface area contributed by atoms with Crippen LogP contribution in [0.15, 0.2) is 65.1 Å². The normalized spacial score (nSPS) is 10.4. The molecule has 1 aromatic heterocycles. The first-order valence-electron chi connectivity index (χ1n) is 7.14. The molecule has 3 rings (SSSR count). The van der Waals surface area contributed by atoms with Gasteiger partial charge in [0.15, 0.2) is 5.76 Å². The Kier molecular flexibility index (Phi) is 5.08. The molecule has 0 saturated heterocycles. The zero-order valence-electron chi connectivity index (χ0n) is 12.5. The highest BCUT2D eigenvalue weighted by Gasteiger charge is 2.12. The third-order valence-corrected chi connectivity index (χ3v) is 3.57. The quantitative estimate of drug-likeness (QED) is 0.660. The van der Waals surface area contributed by atoms with Crippen LogP contribution in [-0.2, 0) is 6.61 Å². The SMILES string of the molecule is O=C(Nc1cc(Cl)cc(Cl)c1)c1ccc(COc2ccccc2)o1. The second kappa shape index (κ2) is 7.43. The van der Waals surface area contributed by atoms with E-state index in [0.717, 1.165) is 5.75 Å². The monoisotopic (exact) mass is 361 g/mol. The smallest absolute Gasteiger partial charge is 0.291 e. The van der Waals surface area contributed by atoms with Crippen molar-refractivity contribution in [1.82, 2.24) is 0 Å². The summed E-state index contributed by atoms with van der Waals surface area (Å²) in [6.07, 6.45) is 0. The third kappa shape index (κ3) is 4.31. The van der Waals surface area contributed by atoms with Gasteiger partial charge in [-0.05, 0) is 42.5 Å². The summed E-state index contributed by atoms with van der Waals surface area (Å²) in [6, 6.07) is 17.4. The molecule has 0 aliphatic carbocycles. The zero-order chi connectivity index (χ0) is 16.9. The van der Waals surface area contributed by atoms with Crippen LogP contribution < -0.4 is 10.1 Å². The first kappa shape index (κ1) is 16.4. The molecule has 122 valence electrons. The van der Waals surface area contributed by atoms with E-state index in [4.69, 9.17) is 32.4 Å². The zero-order valence-corrected chi connectivity index (χ0v) is 14.0. The minimum Gasteiger partial charge on any atom is -0.486 e. The predicted molar refractivity (Wildman–Crippen MR) is 93.9 cm³/mol. The van der Waals surface area contributed by atoms with Gasteiger partial charge in [-0.3, -0.25) is 4.79 Å². The predicted octanol–water partition coefficient (Wildman–Crippen LogP) is 5.42. The molecule has 0 saturated carbocycles. The highest BCUT2D eigenvalue weighted by molar-refractivity contribution is 6.35. The minimum atomic E-state index is -0.390. The van der Waals surface area contributed by atoms with Crippen LogP contribution in [0.5, 0.6) is 5.75 Å². The molecule has 24 heavy (non-hydrogen) atoms. The van der Waals surface area contributed by atoms with Crippen molar-refractivity contribution in [2.45, 2.75) is 6.61 Å². The number of nitrogens with one attached hydrogen (secondary N) is 1. The van der Waals surface area contributed by atoms with Crippen LogP contribution >= 0.6 is 23.2 Å². The van der Waals surface area contributed by atoms with Crippen LogP contribution in [0, 0.1) is 0 Å². The maximum absolute atomic E-state index is 12.2. The van der Waals surface area contributed by atoms with E-state index >= 15 is 0 Å². The number of benzene rings is 2. The lowest BCUT2D eigenvalue weighted by atomic mass is 10.3. The lowest BCUT2D eigenvalue weighted by Gasteiger charge is -2.05. The van der Waals surface area contributed by atoms with Crippen molar-refractivity contribution in [2.75, 3.05) is 5.32 Å². The summed E-state index contributed by atoms with van der Waals surface area (Å²) >= 11 is 11.8. The summed E-state index contributed by atoms with van der Waals surface area (Å²) in [7, 11) is 0. The Bertz CT molecular complexity index is 826. The van der Waals surface area contributed by atoms with E-state index in [-0.39, 0.29) is 18.3 Å². The number of furan rings is 1. The lowest BCUT2D eigenvalue weighted by Crippen LogP contribution is -2.10. The summed E-state index contributed by atoms with van der Waals surface area (Å²) in [4.78, 5) is 12.2. The van der Waals surface area contributed by atoms with Crippen LogP contribution in [-0.4, -0.2) is 5.91 Å². The van der Waals surface area contributed by atoms with Crippen molar-refractivity contribution >= 4 is 34.8 Å². The van der Waals surface area contributed by atoms with Gasteiger partial charge in [-0.15, -0.1) is 0 Å². The molecule has 3 aromatic rings. The van der Waals surface area contributed by atoms with Crippen molar-refractivity contribution in [2.24, 2.45) is 0 Å². The number of hydrogen-bond acceptors (Lipinski definition) is 3. The van der Waals surface area contributed by atoms with E-state index < -0.39 is 0 Å². The van der Waals surface area contributed by atoms with E-state index in [1.54, 1.807) is 30.3 Å². The summed E-state index contributed by atoms with van der Waals surface area (Å²) in [5, 5.41) is 3.56.